The fourth-order valence-electron chi connectivity index (χ4n) is 2.84. The Morgan fingerprint density at radius 3 is 1.40 bits per heavy atom. The molecular formula is C16H8F12N2. The van der Waals surface area contributed by atoms with Gasteiger partial charge in [-0.1, -0.05) is 12.1 Å². The van der Waals surface area contributed by atoms with E-state index < -0.39 is 69.5 Å². The molecule has 0 unspecified atom stereocenters. The van der Waals surface area contributed by atoms with Crippen molar-refractivity contribution in [3.63, 3.8) is 0 Å². The molecule has 2 aromatic carbocycles. The summed E-state index contributed by atoms with van der Waals surface area (Å²) in [6.45, 7) is 0. The third-order valence-electron chi connectivity index (χ3n) is 3.91. The zero-order valence-electron chi connectivity index (χ0n) is 14.0. The van der Waals surface area contributed by atoms with Crippen LogP contribution in [-0.2, 0) is 24.7 Å². The number of alkyl halides is 12. The SMILES string of the molecule is Nc1cc(-c2cccc(C(F)(F)F)c2C(F)(F)F)c(C(F)(F)F)c(C(F)(F)F)c1N. The Bertz CT molecular complexity index is 965. The molecular weight excluding hydrogens is 448 g/mol. The minimum absolute atomic E-state index is 0.0259. The molecule has 0 saturated heterocycles. The predicted molar refractivity (Wildman–Crippen MR) is 80.7 cm³/mol. The summed E-state index contributed by atoms with van der Waals surface area (Å²) in [6, 6.07) is 0.467. The highest BCUT2D eigenvalue weighted by molar-refractivity contribution is 5.84. The summed E-state index contributed by atoms with van der Waals surface area (Å²) in [4.78, 5) is 0. The van der Waals surface area contributed by atoms with Gasteiger partial charge in [-0.15, -0.1) is 0 Å². The van der Waals surface area contributed by atoms with Crippen molar-refractivity contribution in [2.45, 2.75) is 24.7 Å². The van der Waals surface area contributed by atoms with Crippen molar-refractivity contribution in [3.8, 4) is 11.1 Å². The molecule has 0 spiro atoms. The molecule has 30 heavy (non-hydrogen) atoms. The van der Waals surface area contributed by atoms with Crippen molar-refractivity contribution in [1.29, 1.82) is 0 Å². The largest absolute Gasteiger partial charge is 0.419 e. The van der Waals surface area contributed by atoms with Crippen LogP contribution >= 0.6 is 0 Å². The van der Waals surface area contributed by atoms with Crippen molar-refractivity contribution in [2.75, 3.05) is 11.5 Å². The lowest BCUT2D eigenvalue weighted by Crippen LogP contribution is -2.23. The Balaban J connectivity index is 3.16. The Morgan fingerprint density at radius 1 is 0.533 bits per heavy atom. The molecule has 0 saturated carbocycles. The van der Waals surface area contributed by atoms with Crippen LogP contribution in [0.25, 0.3) is 11.1 Å². The molecule has 0 amide bonds. The van der Waals surface area contributed by atoms with E-state index in [0.717, 1.165) is 0 Å². The predicted octanol–water partition coefficient (Wildman–Crippen LogP) is 6.59. The van der Waals surface area contributed by atoms with Crippen LogP contribution in [0.4, 0.5) is 64.1 Å². The molecule has 0 atom stereocenters. The molecule has 4 N–H and O–H groups in total. The monoisotopic (exact) mass is 456 g/mol. The molecule has 0 aliphatic rings. The van der Waals surface area contributed by atoms with E-state index in [9.17, 15) is 52.7 Å². The molecule has 0 heterocycles. The molecule has 0 fully saturated rings. The van der Waals surface area contributed by atoms with Gasteiger partial charge in [-0.25, -0.2) is 0 Å². The normalized spacial score (nSPS) is 13.6. The number of halogens is 12. The highest BCUT2D eigenvalue weighted by Crippen LogP contribution is 2.52. The Hall–Kier alpha value is -2.80. The Morgan fingerprint density at radius 2 is 1.00 bits per heavy atom. The summed E-state index contributed by atoms with van der Waals surface area (Å²) < 4.78 is 160. The number of nitrogen functional groups attached to an aromatic ring is 2. The van der Waals surface area contributed by atoms with Gasteiger partial charge in [0.15, 0.2) is 0 Å². The molecule has 0 radical (unpaired) electrons. The van der Waals surface area contributed by atoms with Gasteiger partial charge in [0.2, 0.25) is 0 Å². The molecule has 0 aliphatic heterocycles. The summed E-state index contributed by atoms with van der Waals surface area (Å²) in [5.41, 5.74) is -6.59. The number of nitrogens with two attached hydrogens (primary N) is 2. The number of hydrogen-bond donors (Lipinski definition) is 2. The molecule has 2 aromatic rings. The topological polar surface area (TPSA) is 52.0 Å². The first kappa shape index (κ1) is 23.5. The van der Waals surface area contributed by atoms with Gasteiger partial charge < -0.3 is 11.5 Å². The lowest BCUT2D eigenvalue weighted by molar-refractivity contribution is -0.162. The fraction of sp³-hybridized carbons (Fsp3) is 0.250. The van der Waals surface area contributed by atoms with Crippen LogP contribution < -0.4 is 11.5 Å². The van der Waals surface area contributed by atoms with Gasteiger partial charge in [-0.05, 0) is 23.3 Å². The van der Waals surface area contributed by atoms with E-state index in [1.807, 2.05) is 0 Å². The van der Waals surface area contributed by atoms with E-state index in [4.69, 9.17) is 11.5 Å². The van der Waals surface area contributed by atoms with Crippen LogP contribution in [0.1, 0.15) is 22.3 Å². The maximum absolute atomic E-state index is 13.5. The average Bonchev–Trinajstić information content (AvgIpc) is 2.52. The van der Waals surface area contributed by atoms with E-state index in [1.165, 1.54) is 0 Å². The van der Waals surface area contributed by atoms with E-state index in [2.05, 4.69) is 0 Å². The van der Waals surface area contributed by atoms with Crippen molar-refractivity contribution in [3.05, 3.63) is 46.5 Å². The van der Waals surface area contributed by atoms with E-state index >= 15 is 0 Å². The highest BCUT2D eigenvalue weighted by atomic mass is 19.4. The standard InChI is InChI=1S/C16H8F12N2/c17-13(18,19)7-3-1-2-5(9(7)14(20,21)22)6-4-8(29)12(30)11(16(26,27)28)10(6)15(23,24)25/h1-4H,29-30H2. The first-order chi connectivity index (χ1) is 13.3. The first-order valence-corrected chi connectivity index (χ1v) is 7.42. The summed E-state index contributed by atoms with van der Waals surface area (Å²) in [5.74, 6) is 0. The van der Waals surface area contributed by atoms with E-state index in [0.29, 0.717) is 6.07 Å². The maximum atomic E-state index is 13.5. The van der Waals surface area contributed by atoms with Crippen LogP contribution in [0.2, 0.25) is 0 Å². The maximum Gasteiger partial charge on any atom is 0.419 e. The summed E-state index contributed by atoms with van der Waals surface area (Å²) >= 11 is 0. The smallest absolute Gasteiger partial charge is 0.397 e. The minimum atomic E-state index is -5.95. The molecule has 0 aliphatic carbocycles. The summed E-state index contributed by atoms with van der Waals surface area (Å²) in [7, 11) is 0. The molecule has 166 valence electrons. The van der Waals surface area contributed by atoms with Gasteiger partial charge in [-0.2, -0.15) is 52.7 Å². The van der Waals surface area contributed by atoms with Crippen LogP contribution in [0.3, 0.4) is 0 Å². The van der Waals surface area contributed by atoms with Gasteiger partial charge in [0.1, 0.15) is 0 Å². The third-order valence-corrected chi connectivity index (χ3v) is 3.91. The fourth-order valence-corrected chi connectivity index (χ4v) is 2.84. The zero-order chi connectivity index (χ0) is 23.4. The number of rotatable bonds is 1. The molecule has 2 nitrogen and oxygen atoms in total. The first-order valence-electron chi connectivity index (χ1n) is 7.42. The van der Waals surface area contributed by atoms with Crippen LogP contribution in [0, 0.1) is 0 Å². The van der Waals surface area contributed by atoms with Gasteiger partial charge in [-0.3, -0.25) is 0 Å². The minimum Gasteiger partial charge on any atom is -0.397 e. The molecule has 2 rings (SSSR count). The van der Waals surface area contributed by atoms with Crippen LogP contribution in [0.15, 0.2) is 24.3 Å². The van der Waals surface area contributed by atoms with Gasteiger partial charge in [0.05, 0.1) is 33.6 Å². The van der Waals surface area contributed by atoms with Crippen molar-refractivity contribution in [1.82, 2.24) is 0 Å². The second-order valence-corrected chi connectivity index (χ2v) is 5.90. The number of benzene rings is 2. The summed E-state index contributed by atoms with van der Waals surface area (Å²) in [5, 5.41) is 0. The quantitative estimate of drug-likeness (QED) is 0.376. The molecule has 0 aromatic heterocycles. The van der Waals surface area contributed by atoms with Crippen LogP contribution in [0.5, 0.6) is 0 Å². The van der Waals surface area contributed by atoms with Crippen molar-refractivity contribution < 1.29 is 52.7 Å². The van der Waals surface area contributed by atoms with Crippen LogP contribution in [-0.4, -0.2) is 0 Å². The number of hydrogen-bond acceptors (Lipinski definition) is 2. The lowest BCUT2D eigenvalue weighted by Gasteiger charge is -2.25. The second-order valence-electron chi connectivity index (χ2n) is 5.90. The molecule has 14 heteroatoms. The second kappa shape index (κ2) is 6.87. The van der Waals surface area contributed by atoms with E-state index in [1.54, 1.807) is 0 Å². The van der Waals surface area contributed by atoms with E-state index in [-0.39, 0.29) is 18.2 Å². The van der Waals surface area contributed by atoms with Crippen molar-refractivity contribution in [2.24, 2.45) is 0 Å². The third kappa shape index (κ3) is 4.21. The number of anilines is 2. The lowest BCUT2D eigenvalue weighted by atomic mass is 9.88. The van der Waals surface area contributed by atoms with Gasteiger partial charge in [0.25, 0.3) is 0 Å². The molecule has 0 bridgehead atoms. The summed E-state index contributed by atoms with van der Waals surface area (Å²) in [6.07, 6.45) is -23.3. The van der Waals surface area contributed by atoms with Gasteiger partial charge >= 0.3 is 24.7 Å². The average molecular weight is 456 g/mol. The Kier molecular flexibility index (Phi) is 5.38. The van der Waals surface area contributed by atoms with Gasteiger partial charge in [0, 0.05) is 0 Å². The Labute approximate surface area is 159 Å². The highest BCUT2D eigenvalue weighted by Gasteiger charge is 2.50. The van der Waals surface area contributed by atoms with Crippen molar-refractivity contribution >= 4 is 11.4 Å². The zero-order valence-corrected chi connectivity index (χ0v) is 14.0.